The first-order valence-electron chi connectivity index (χ1n) is 7.94. The summed E-state index contributed by atoms with van der Waals surface area (Å²) in [5, 5.41) is 9.46. The molecule has 0 bridgehead atoms. The average Bonchev–Trinajstić information content (AvgIpc) is 2.46. The van der Waals surface area contributed by atoms with Crippen LogP contribution < -0.4 is 0 Å². The van der Waals surface area contributed by atoms with Crippen LogP contribution in [0, 0.1) is 5.92 Å². The molecule has 21 heavy (non-hydrogen) atoms. The Morgan fingerprint density at radius 3 is 2.33 bits per heavy atom. The third-order valence-electron chi connectivity index (χ3n) is 4.90. The van der Waals surface area contributed by atoms with E-state index in [4.69, 9.17) is 0 Å². The van der Waals surface area contributed by atoms with Gasteiger partial charge in [-0.2, -0.15) is 17.0 Å². The molecule has 122 valence electrons. The van der Waals surface area contributed by atoms with Crippen LogP contribution in [0.1, 0.15) is 52.4 Å². The molecule has 1 aliphatic heterocycles. The Bertz CT molecular complexity index is 475. The number of nitrogens with zero attached hydrogens (tertiary/aromatic N) is 2. The van der Waals surface area contributed by atoms with Crippen molar-refractivity contribution < 1.29 is 18.3 Å². The quantitative estimate of drug-likeness (QED) is 0.836. The Morgan fingerprint density at radius 1 is 1.14 bits per heavy atom. The van der Waals surface area contributed by atoms with E-state index in [1.807, 2.05) is 0 Å². The maximum absolute atomic E-state index is 12.9. The number of carboxylic acid groups (broad SMARTS) is 1. The fourth-order valence-corrected chi connectivity index (χ4v) is 5.89. The number of carboxylic acids is 1. The molecule has 1 N–H and O–H groups in total. The number of rotatable bonds is 5. The molecular formula is C14H26N2O4S. The highest BCUT2D eigenvalue weighted by atomic mass is 32.2. The molecule has 2 rings (SSSR count). The topological polar surface area (TPSA) is 77.9 Å². The van der Waals surface area contributed by atoms with Crippen LogP contribution in [0.2, 0.25) is 0 Å². The van der Waals surface area contributed by atoms with E-state index in [1.165, 1.54) is 8.61 Å². The van der Waals surface area contributed by atoms with Crippen molar-refractivity contribution in [2.75, 3.05) is 13.1 Å². The Kier molecular flexibility index (Phi) is 5.27. The summed E-state index contributed by atoms with van der Waals surface area (Å²) < 4.78 is 28.5. The second-order valence-corrected chi connectivity index (χ2v) is 7.80. The predicted octanol–water partition coefficient (Wildman–Crippen LogP) is 1.68. The van der Waals surface area contributed by atoms with Gasteiger partial charge in [0.1, 0.15) is 6.04 Å². The lowest BCUT2D eigenvalue weighted by molar-refractivity contribution is -0.144. The van der Waals surface area contributed by atoms with E-state index in [0.29, 0.717) is 25.4 Å². The van der Waals surface area contributed by atoms with Crippen LogP contribution in [0.15, 0.2) is 0 Å². The molecule has 7 heteroatoms. The van der Waals surface area contributed by atoms with Crippen molar-refractivity contribution in [3.8, 4) is 0 Å². The van der Waals surface area contributed by atoms with E-state index in [0.717, 1.165) is 32.1 Å². The Morgan fingerprint density at radius 2 is 1.76 bits per heavy atom. The summed E-state index contributed by atoms with van der Waals surface area (Å²) in [5.41, 5.74) is 0. The van der Waals surface area contributed by atoms with Crippen molar-refractivity contribution in [3.05, 3.63) is 0 Å². The largest absolute Gasteiger partial charge is 0.480 e. The Balaban J connectivity index is 2.38. The highest BCUT2D eigenvalue weighted by Crippen LogP contribution is 2.40. The average molecular weight is 318 g/mol. The molecule has 0 aromatic rings. The summed E-state index contributed by atoms with van der Waals surface area (Å²) in [6, 6.07) is -1.05. The van der Waals surface area contributed by atoms with Crippen LogP contribution >= 0.6 is 0 Å². The molecule has 1 saturated carbocycles. The Hall–Kier alpha value is -0.660. The number of piperidine rings is 1. The van der Waals surface area contributed by atoms with Gasteiger partial charge >= 0.3 is 5.97 Å². The van der Waals surface area contributed by atoms with Crippen molar-refractivity contribution >= 4 is 16.2 Å². The van der Waals surface area contributed by atoms with E-state index in [9.17, 15) is 18.3 Å². The molecule has 0 aromatic carbocycles. The van der Waals surface area contributed by atoms with Crippen LogP contribution in [-0.4, -0.2) is 53.3 Å². The fourth-order valence-electron chi connectivity index (χ4n) is 3.84. The predicted molar refractivity (Wildman–Crippen MR) is 80.1 cm³/mol. The van der Waals surface area contributed by atoms with E-state index in [1.54, 1.807) is 13.8 Å². The van der Waals surface area contributed by atoms with Crippen molar-refractivity contribution in [1.29, 1.82) is 0 Å². The minimum absolute atomic E-state index is 0.140. The molecule has 0 aromatic heterocycles. The van der Waals surface area contributed by atoms with Gasteiger partial charge in [-0.15, -0.1) is 0 Å². The molecular weight excluding hydrogens is 292 g/mol. The summed E-state index contributed by atoms with van der Waals surface area (Å²) in [6.07, 6.45) is 5.16. The van der Waals surface area contributed by atoms with Crippen LogP contribution in [0.5, 0.6) is 0 Å². The number of aliphatic carboxylic acids is 1. The van der Waals surface area contributed by atoms with E-state index in [2.05, 4.69) is 0 Å². The smallest absolute Gasteiger partial charge is 0.322 e. The van der Waals surface area contributed by atoms with Gasteiger partial charge in [0.15, 0.2) is 0 Å². The van der Waals surface area contributed by atoms with Gasteiger partial charge in [0.25, 0.3) is 10.2 Å². The van der Waals surface area contributed by atoms with Crippen LogP contribution in [0.25, 0.3) is 0 Å². The van der Waals surface area contributed by atoms with E-state index in [-0.39, 0.29) is 6.04 Å². The first-order valence-corrected chi connectivity index (χ1v) is 9.34. The first kappa shape index (κ1) is 16.7. The summed E-state index contributed by atoms with van der Waals surface area (Å²) in [5.74, 6) is -0.700. The SMILES string of the molecule is CCN(CC)S(=O)(=O)N1C(C(=O)O)CCC2CCCCC21. The first-order chi connectivity index (χ1) is 9.93. The normalized spacial score (nSPS) is 31.1. The third kappa shape index (κ3) is 3.10. The lowest BCUT2D eigenvalue weighted by Gasteiger charge is -2.47. The highest BCUT2D eigenvalue weighted by Gasteiger charge is 2.48. The molecule has 2 aliphatic rings. The molecule has 0 spiro atoms. The second kappa shape index (κ2) is 6.62. The number of hydrogen-bond acceptors (Lipinski definition) is 3. The van der Waals surface area contributed by atoms with Crippen molar-refractivity contribution in [2.45, 2.75) is 64.5 Å². The molecule has 1 heterocycles. The van der Waals surface area contributed by atoms with Crippen LogP contribution in [0.3, 0.4) is 0 Å². The zero-order valence-electron chi connectivity index (χ0n) is 12.9. The third-order valence-corrected chi connectivity index (χ3v) is 7.12. The van der Waals surface area contributed by atoms with E-state index < -0.39 is 22.2 Å². The lowest BCUT2D eigenvalue weighted by atomic mass is 9.78. The maximum atomic E-state index is 12.9. The van der Waals surface area contributed by atoms with Gasteiger partial charge < -0.3 is 5.11 Å². The summed E-state index contributed by atoms with van der Waals surface area (Å²) in [4.78, 5) is 11.6. The number of hydrogen-bond donors (Lipinski definition) is 1. The van der Waals surface area contributed by atoms with Gasteiger partial charge in [0.05, 0.1) is 0 Å². The monoisotopic (exact) mass is 318 g/mol. The highest BCUT2D eigenvalue weighted by molar-refractivity contribution is 7.86. The molecule has 0 radical (unpaired) electrons. The fraction of sp³-hybridized carbons (Fsp3) is 0.929. The number of carbonyl (C=O) groups is 1. The van der Waals surface area contributed by atoms with Crippen molar-refractivity contribution in [1.82, 2.24) is 8.61 Å². The van der Waals surface area contributed by atoms with Crippen LogP contribution in [0.4, 0.5) is 0 Å². The van der Waals surface area contributed by atoms with Gasteiger partial charge in [0, 0.05) is 19.1 Å². The van der Waals surface area contributed by atoms with E-state index >= 15 is 0 Å². The molecule has 0 amide bonds. The molecule has 1 saturated heterocycles. The van der Waals surface area contributed by atoms with Gasteiger partial charge in [-0.3, -0.25) is 4.79 Å². The lowest BCUT2D eigenvalue weighted by Crippen LogP contribution is -2.60. The van der Waals surface area contributed by atoms with Gasteiger partial charge in [-0.1, -0.05) is 26.7 Å². The zero-order chi connectivity index (χ0) is 15.6. The molecule has 2 fully saturated rings. The zero-order valence-corrected chi connectivity index (χ0v) is 13.7. The second-order valence-electron chi connectivity index (χ2n) is 5.97. The Labute approximate surface area is 127 Å². The number of fused-ring (bicyclic) bond motifs is 1. The van der Waals surface area contributed by atoms with Gasteiger partial charge in [0.2, 0.25) is 0 Å². The maximum Gasteiger partial charge on any atom is 0.322 e. The molecule has 3 unspecified atom stereocenters. The van der Waals surface area contributed by atoms with Crippen molar-refractivity contribution in [3.63, 3.8) is 0 Å². The van der Waals surface area contributed by atoms with Crippen LogP contribution in [-0.2, 0) is 15.0 Å². The van der Waals surface area contributed by atoms with Gasteiger partial charge in [-0.05, 0) is 31.6 Å². The minimum Gasteiger partial charge on any atom is -0.480 e. The summed E-state index contributed by atoms with van der Waals surface area (Å²) in [6.45, 7) is 4.33. The molecule has 1 aliphatic carbocycles. The summed E-state index contributed by atoms with van der Waals surface area (Å²) in [7, 11) is -3.70. The summed E-state index contributed by atoms with van der Waals surface area (Å²) >= 11 is 0. The standard InChI is InChI=1S/C14H26N2O4S/c1-3-15(4-2)21(19,20)16-12-8-6-5-7-11(12)9-10-13(16)14(17)18/h11-13H,3-10H2,1-2H3,(H,17,18). The molecule has 3 atom stereocenters. The van der Waals surface area contributed by atoms with Crippen molar-refractivity contribution in [2.24, 2.45) is 5.92 Å². The van der Waals surface area contributed by atoms with Gasteiger partial charge in [-0.25, -0.2) is 0 Å². The minimum atomic E-state index is -3.70. The molecule has 6 nitrogen and oxygen atoms in total.